The molecule has 3 unspecified atom stereocenters. The van der Waals surface area contributed by atoms with Crippen LogP contribution in [0, 0.1) is 12.3 Å². The Morgan fingerprint density at radius 1 is 1.09 bits per heavy atom. The lowest BCUT2D eigenvalue weighted by atomic mass is 9.85. The van der Waals surface area contributed by atoms with E-state index in [-0.39, 0.29) is 56.3 Å². The first kappa shape index (κ1) is 41.7. The first-order chi connectivity index (χ1) is 25.0. The van der Waals surface area contributed by atoms with Gasteiger partial charge in [0.2, 0.25) is 23.6 Å². The summed E-state index contributed by atoms with van der Waals surface area (Å²) in [6, 6.07) is 10.9. The molecule has 2 heterocycles. The fourth-order valence-electron chi connectivity index (χ4n) is 6.32. The number of primary amides is 1. The molecule has 288 valence electrons. The van der Waals surface area contributed by atoms with Crippen LogP contribution in [0.3, 0.4) is 0 Å². The van der Waals surface area contributed by atoms with Crippen LogP contribution in [0.15, 0.2) is 48.0 Å². The van der Waals surface area contributed by atoms with Gasteiger partial charge < -0.3 is 36.8 Å². The fourth-order valence-corrected chi connectivity index (χ4v) is 7.40. The number of nitrogens with zero attached hydrogens (tertiary/aromatic N) is 2. The van der Waals surface area contributed by atoms with Crippen molar-refractivity contribution in [3.8, 4) is 16.2 Å². The number of hydrogen-bond donors (Lipinski definition) is 5. The zero-order chi connectivity index (χ0) is 38.9. The molecule has 2 aromatic carbocycles. The van der Waals surface area contributed by atoms with Crippen molar-refractivity contribution in [1.29, 1.82) is 0 Å². The molecule has 1 aromatic heterocycles. The normalized spacial score (nSPS) is 17.5. The highest BCUT2D eigenvalue weighted by Gasteiger charge is 2.44. The number of aliphatic hydroxyl groups excluding tert-OH is 1. The molecule has 1 aliphatic rings. The van der Waals surface area contributed by atoms with Crippen LogP contribution in [0.4, 0.5) is 0 Å². The van der Waals surface area contributed by atoms with Gasteiger partial charge in [-0.1, -0.05) is 68.8 Å². The van der Waals surface area contributed by atoms with Gasteiger partial charge in [0.1, 0.15) is 24.4 Å². The van der Waals surface area contributed by atoms with Gasteiger partial charge >= 0.3 is 0 Å². The van der Waals surface area contributed by atoms with Crippen molar-refractivity contribution in [3.63, 3.8) is 0 Å². The Morgan fingerprint density at radius 3 is 2.45 bits per heavy atom. The van der Waals surface area contributed by atoms with Crippen molar-refractivity contribution in [2.75, 3.05) is 13.2 Å². The van der Waals surface area contributed by atoms with Crippen molar-refractivity contribution in [2.45, 2.75) is 110 Å². The van der Waals surface area contributed by atoms with E-state index in [9.17, 15) is 24.3 Å². The van der Waals surface area contributed by atoms with Crippen LogP contribution in [0.5, 0.6) is 5.75 Å². The SMILES string of the molecule is Cc1ncsc1-c1ccc(C(C)NC(=O)[C@@H]2C[C@H](O)CN2C(=O)C(NC(=O)CCCCc2cccc(OCC(N)CCC(N)=O)c2Cl)C(C)(C)C)cc1. The van der Waals surface area contributed by atoms with E-state index in [1.807, 2.05) is 76.5 Å². The van der Waals surface area contributed by atoms with Crippen molar-refractivity contribution < 1.29 is 29.0 Å². The number of benzene rings is 2. The van der Waals surface area contributed by atoms with E-state index in [1.165, 1.54) is 4.90 Å². The number of hydrogen-bond acceptors (Lipinski definition) is 9. The Balaban J connectivity index is 1.30. The number of rotatable bonds is 17. The molecular formula is C39H53ClN6O6S. The lowest BCUT2D eigenvalue weighted by Gasteiger charge is -2.35. The maximum Gasteiger partial charge on any atom is 0.246 e. The van der Waals surface area contributed by atoms with Crippen molar-refractivity contribution in [2.24, 2.45) is 16.9 Å². The summed E-state index contributed by atoms with van der Waals surface area (Å²) in [6.07, 6.45) is 1.84. The number of aliphatic hydroxyl groups is 1. The molecule has 12 nitrogen and oxygen atoms in total. The average molecular weight is 769 g/mol. The number of halogens is 1. The Bertz CT molecular complexity index is 1730. The minimum atomic E-state index is -0.909. The van der Waals surface area contributed by atoms with Crippen LogP contribution in [0.2, 0.25) is 5.02 Å². The molecule has 7 N–H and O–H groups in total. The number of ether oxygens (including phenoxy) is 1. The number of likely N-dealkylation sites (tertiary alicyclic amines) is 1. The number of β-amino-alcohol motifs (C(OH)–C–C–N with tert-alkyl or cyclic N) is 1. The number of amides is 4. The molecular weight excluding hydrogens is 716 g/mol. The molecule has 1 aliphatic heterocycles. The first-order valence-electron chi connectivity index (χ1n) is 18.1. The lowest BCUT2D eigenvalue weighted by Crippen LogP contribution is -2.57. The van der Waals surface area contributed by atoms with Crippen LogP contribution in [0.25, 0.3) is 10.4 Å². The maximum absolute atomic E-state index is 14.0. The molecule has 0 aliphatic carbocycles. The summed E-state index contributed by atoms with van der Waals surface area (Å²) in [5.74, 6) is -0.965. The molecule has 4 rings (SSSR count). The summed E-state index contributed by atoms with van der Waals surface area (Å²) in [5.41, 5.74) is 16.1. The molecule has 0 bridgehead atoms. The molecule has 0 spiro atoms. The standard InChI is InChI=1S/C39H53ClN6O6S/c1-23(25-13-15-27(16-14-25)35-24(2)43-22-53-35)44-37(50)30-19-29(47)20-46(30)38(51)36(39(3,4)5)45-33(49)12-7-6-9-26-10-8-11-31(34(26)40)52-21-28(41)17-18-32(42)48/h8,10-11,13-16,22-23,28-30,36,47H,6-7,9,12,17-21,41H2,1-5H3,(H2,42,48)(H,44,50)(H,45,49)/t23?,28?,29-,30-,36?/m0/s1. The Labute approximate surface area is 321 Å². The second-order valence-corrected chi connectivity index (χ2v) is 16.1. The van der Waals surface area contributed by atoms with Gasteiger partial charge in [-0.15, -0.1) is 11.3 Å². The monoisotopic (exact) mass is 768 g/mol. The average Bonchev–Trinajstić information content (AvgIpc) is 3.72. The second-order valence-electron chi connectivity index (χ2n) is 14.9. The van der Waals surface area contributed by atoms with E-state index in [2.05, 4.69) is 15.6 Å². The highest BCUT2D eigenvalue weighted by Crippen LogP contribution is 2.31. The van der Waals surface area contributed by atoms with E-state index >= 15 is 0 Å². The summed E-state index contributed by atoms with van der Waals surface area (Å²) >= 11 is 8.17. The summed E-state index contributed by atoms with van der Waals surface area (Å²) < 4.78 is 5.79. The number of carbonyl (C=O) groups is 4. The molecule has 1 fully saturated rings. The molecule has 4 amide bonds. The number of aromatic nitrogens is 1. The van der Waals surface area contributed by atoms with Crippen LogP contribution in [-0.4, -0.2) is 76.0 Å². The van der Waals surface area contributed by atoms with Gasteiger partial charge in [0.05, 0.1) is 33.3 Å². The summed E-state index contributed by atoms with van der Waals surface area (Å²) in [5, 5.41) is 17.0. The zero-order valence-electron chi connectivity index (χ0n) is 31.2. The molecule has 0 saturated carbocycles. The highest BCUT2D eigenvalue weighted by atomic mass is 35.5. The zero-order valence-corrected chi connectivity index (χ0v) is 32.8. The smallest absolute Gasteiger partial charge is 0.246 e. The third-order valence-electron chi connectivity index (χ3n) is 9.42. The van der Waals surface area contributed by atoms with Gasteiger partial charge in [-0.3, -0.25) is 19.2 Å². The minimum absolute atomic E-state index is 0.000499. The van der Waals surface area contributed by atoms with Crippen LogP contribution in [-0.2, 0) is 25.6 Å². The van der Waals surface area contributed by atoms with E-state index in [4.69, 9.17) is 27.8 Å². The predicted molar refractivity (Wildman–Crippen MR) is 207 cm³/mol. The van der Waals surface area contributed by atoms with Gasteiger partial charge in [-0.25, -0.2) is 4.98 Å². The number of aryl methyl sites for hydroxylation is 2. The number of carbonyl (C=O) groups excluding carboxylic acids is 4. The fraction of sp³-hybridized carbons (Fsp3) is 0.513. The van der Waals surface area contributed by atoms with Crippen LogP contribution < -0.4 is 26.8 Å². The Morgan fingerprint density at radius 2 is 1.81 bits per heavy atom. The minimum Gasteiger partial charge on any atom is -0.490 e. The van der Waals surface area contributed by atoms with Crippen LogP contribution >= 0.6 is 22.9 Å². The van der Waals surface area contributed by atoms with Gasteiger partial charge in [0, 0.05) is 31.8 Å². The molecule has 5 atom stereocenters. The van der Waals surface area contributed by atoms with Crippen molar-refractivity contribution in [3.05, 3.63) is 69.8 Å². The first-order valence-corrected chi connectivity index (χ1v) is 19.3. The number of nitrogens with two attached hydrogens (primary N) is 2. The van der Waals surface area contributed by atoms with E-state index in [0.29, 0.717) is 36.5 Å². The van der Waals surface area contributed by atoms with Gasteiger partial charge in [-0.2, -0.15) is 0 Å². The summed E-state index contributed by atoms with van der Waals surface area (Å²) in [4.78, 5) is 58.6. The summed E-state index contributed by atoms with van der Waals surface area (Å²) in [6.45, 7) is 9.62. The topological polar surface area (TPSA) is 190 Å². The molecule has 1 saturated heterocycles. The molecule has 53 heavy (non-hydrogen) atoms. The number of nitrogens with one attached hydrogen (secondary N) is 2. The lowest BCUT2D eigenvalue weighted by molar-refractivity contribution is -0.144. The highest BCUT2D eigenvalue weighted by molar-refractivity contribution is 7.13. The van der Waals surface area contributed by atoms with E-state index in [1.54, 1.807) is 17.4 Å². The third kappa shape index (κ3) is 11.7. The van der Waals surface area contributed by atoms with Gasteiger partial charge in [0.15, 0.2) is 0 Å². The van der Waals surface area contributed by atoms with Crippen LogP contribution in [0.1, 0.15) is 89.1 Å². The maximum atomic E-state index is 14.0. The Hall–Kier alpha value is -4.04. The Kier molecular flexibility index (Phi) is 14.8. The quantitative estimate of drug-likeness (QED) is 0.121. The van der Waals surface area contributed by atoms with Crippen molar-refractivity contribution in [1.82, 2.24) is 20.5 Å². The second kappa shape index (κ2) is 18.8. The van der Waals surface area contributed by atoms with Gasteiger partial charge in [-0.05, 0) is 67.7 Å². The summed E-state index contributed by atoms with van der Waals surface area (Å²) in [7, 11) is 0. The largest absolute Gasteiger partial charge is 0.490 e. The molecule has 3 aromatic rings. The van der Waals surface area contributed by atoms with Crippen molar-refractivity contribution >= 4 is 46.6 Å². The molecule has 14 heteroatoms. The van der Waals surface area contributed by atoms with Gasteiger partial charge in [0.25, 0.3) is 0 Å². The van der Waals surface area contributed by atoms with E-state index in [0.717, 1.165) is 27.3 Å². The number of thiazole rings is 1. The molecule has 0 radical (unpaired) electrons. The third-order valence-corrected chi connectivity index (χ3v) is 10.8. The van der Waals surface area contributed by atoms with E-state index < -0.39 is 35.4 Å². The predicted octanol–water partition coefficient (Wildman–Crippen LogP) is 4.83. The number of unbranched alkanes of at least 4 members (excludes halogenated alkanes) is 1.